The van der Waals surface area contributed by atoms with Crippen LogP contribution in [0.1, 0.15) is 25.7 Å². The minimum atomic E-state index is -0.280. The Morgan fingerprint density at radius 2 is 1.64 bits per heavy atom. The van der Waals surface area contributed by atoms with Crippen molar-refractivity contribution in [2.75, 3.05) is 23.3 Å². The number of nitrogens with zero attached hydrogens (tertiary/aromatic N) is 5. The van der Waals surface area contributed by atoms with Crippen LogP contribution < -0.4 is 15.8 Å². The molecule has 33 heavy (non-hydrogen) atoms. The van der Waals surface area contributed by atoms with Crippen LogP contribution in [-0.2, 0) is 0 Å². The molecule has 0 amide bonds. The zero-order chi connectivity index (χ0) is 23.2. The van der Waals surface area contributed by atoms with Crippen LogP contribution in [0.4, 0.5) is 11.4 Å². The molecule has 0 radical (unpaired) electrons. The van der Waals surface area contributed by atoms with Crippen molar-refractivity contribution in [3.05, 3.63) is 64.1 Å². The highest BCUT2D eigenvalue weighted by Gasteiger charge is 2.18. The smallest absolute Gasteiger partial charge is 0.272 e. The maximum absolute atomic E-state index is 12.2. The van der Waals surface area contributed by atoms with E-state index >= 15 is 0 Å². The standard InChI is InChI=1S/C25H21N7O/c26-14-18(15-27)22(16-28)29-21-13-17(9-10-23(21)32-11-5-1-2-6-12-32)24-19-7-3-4-8-20(19)25(33)31-30-24/h3-4,7-10,13,29H,1-2,5-6,11-12H2,(H,31,33). The molecule has 8 heteroatoms. The van der Waals surface area contributed by atoms with E-state index in [4.69, 9.17) is 0 Å². The zero-order valence-corrected chi connectivity index (χ0v) is 17.9. The van der Waals surface area contributed by atoms with Gasteiger partial charge in [0.05, 0.1) is 22.5 Å². The van der Waals surface area contributed by atoms with Crippen LogP contribution in [-0.4, -0.2) is 23.3 Å². The molecule has 1 saturated heterocycles. The SMILES string of the molecule is N#CC(C#N)=C(C#N)Nc1cc(-c2n[nH]c(=O)c3ccccc23)ccc1N1CCCCCC1. The number of rotatable bonds is 4. The van der Waals surface area contributed by atoms with E-state index in [-0.39, 0.29) is 16.8 Å². The van der Waals surface area contributed by atoms with Crippen molar-refractivity contribution in [2.45, 2.75) is 25.7 Å². The van der Waals surface area contributed by atoms with Gasteiger partial charge in [-0.2, -0.15) is 20.9 Å². The van der Waals surface area contributed by atoms with Gasteiger partial charge < -0.3 is 10.2 Å². The Bertz CT molecular complexity index is 1390. The summed E-state index contributed by atoms with van der Waals surface area (Å²) in [6, 6.07) is 18.4. The Labute approximate surface area is 191 Å². The van der Waals surface area contributed by atoms with Crippen molar-refractivity contribution >= 4 is 22.1 Å². The Morgan fingerprint density at radius 3 is 2.30 bits per heavy atom. The number of nitriles is 3. The number of aromatic nitrogens is 2. The number of benzene rings is 2. The molecule has 1 fully saturated rings. The van der Waals surface area contributed by atoms with Crippen LogP contribution in [0, 0.1) is 34.0 Å². The fourth-order valence-electron chi connectivity index (χ4n) is 4.12. The molecule has 8 nitrogen and oxygen atoms in total. The first kappa shape index (κ1) is 21.6. The first-order chi connectivity index (χ1) is 16.2. The molecule has 0 unspecified atom stereocenters. The van der Waals surface area contributed by atoms with Crippen molar-refractivity contribution in [1.29, 1.82) is 15.8 Å². The second-order valence-electron chi connectivity index (χ2n) is 7.79. The van der Waals surface area contributed by atoms with E-state index in [2.05, 4.69) is 20.4 Å². The van der Waals surface area contributed by atoms with Gasteiger partial charge in [0.25, 0.3) is 5.56 Å². The van der Waals surface area contributed by atoms with Gasteiger partial charge in [-0.1, -0.05) is 37.1 Å². The number of hydrogen-bond donors (Lipinski definition) is 2. The fraction of sp³-hybridized carbons (Fsp3) is 0.240. The molecule has 1 aliphatic heterocycles. The monoisotopic (exact) mass is 435 g/mol. The number of allylic oxidation sites excluding steroid dienone is 2. The van der Waals surface area contributed by atoms with E-state index < -0.39 is 0 Å². The van der Waals surface area contributed by atoms with E-state index in [1.807, 2.05) is 36.4 Å². The van der Waals surface area contributed by atoms with E-state index in [9.17, 15) is 20.6 Å². The number of H-pyrrole nitrogens is 1. The number of aromatic amines is 1. The van der Waals surface area contributed by atoms with Crippen LogP contribution in [0.5, 0.6) is 0 Å². The highest BCUT2D eigenvalue weighted by Crippen LogP contribution is 2.35. The second kappa shape index (κ2) is 9.68. The largest absolute Gasteiger partial charge is 0.370 e. The van der Waals surface area contributed by atoms with Crippen molar-refractivity contribution < 1.29 is 0 Å². The van der Waals surface area contributed by atoms with Crippen LogP contribution in [0.2, 0.25) is 0 Å². The van der Waals surface area contributed by atoms with Gasteiger partial charge in [0.2, 0.25) is 0 Å². The molecule has 2 heterocycles. The van der Waals surface area contributed by atoms with Crippen LogP contribution in [0.25, 0.3) is 22.0 Å². The number of hydrogen-bond acceptors (Lipinski definition) is 7. The molecule has 0 spiro atoms. The molecular weight excluding hydrogens is 414 g/mol. The zero-order valence-electron chi connectivity index (χ0n) is 17.9. The molecule has 162 valence electrons. The molecule has 3 aromatic rings. The quantitative estimate of drug-likeness (QED) is 0.587. The minimum Gasteiger partial charge on any atom is -0.370 e. The fourth-order valence-corrected chi connectivity index (χ4v) is 4.12. The van der Waals surface area contributed by atoms with Gasteiger partial charge in [0, 0.05) is 24.0 Å². The highest BCUT2D eigenvalue weighted by molar-refractivity contribution is 5.95. The predicted molar refractivity (Wildman–Crippen MR) is 126 cm³/mol. The Hall–Kier alpha value is -4.61. The predicted octanol–water partition coefficient (Wildman–Crippen LogP) is 4.21. The molecule has 1 aromatic heterocycles. The van der Waals surface area contributed by atoms with Gasteiger partial charge in [-0.25, -0.2) is 5.10 Å². The second-order valence-corrected chi connectivity index (χ2v) is 7.79. The summed E-state index contributed by atoms with van der Waals surface area (Å²) < 4.78 is 0. The normalized spacial score (nSPS) is 13.3. The first-order valence-corrected chi connectivity index (χ1v) is 10.7. The molecule has 0 atom stereocenters. The maximum atomic E-state index is 12.2. The highest BCUT2D eigenvalue weighted by atomic mass is 16.1. The van der Waals surface area contributed by atoms with E-state index in [1.54, 1.807) is 24.3 Å². The summed E-state index contributed by atoms with van der Waals surface area (Å²) in [5, 5.41) is 39.2. The lowest BCUT2D eigenvalue weighted by molar-refractivity contribution is 0.726. The van der Waals surface area contributed by atoms with Gasteiger partial charge in [0.15, 0.2) is 5.57 Å². The van der Waals surface area contributed by atoms with Gasteiger partial charge in [-0.05, 0) is 31.0 Å². The van der Waals surface area contributed by atoms with Crippen LogP contribution in [0.15, 0.2) is 58.5 Å². The third kappa shape index (κ3) is 4.39. The van der Waals surface area contributed by atoms with Crippen molar-refractivity contribution in [1.82, 2.24) is 10.2 Å². The Balaban J connectivity index is 1.88. The molecule has 2 aromatic carbocycles. The van der Waals surface area contributed by atoms with Crippen LogP contribution in [0.3, 0.4) is 0 Å². The van der Waals surface area contributed by atoms with Crippen molar-refractivity contribution in [2.24, 2.45) is 0 Å². The summed E-state index contributed by atoms with van der Waals surface area (Å²) in [7, 11) is 0. The number of fused-ring (bicyclic) bond motifs is 1. The number of anilines is 2. The lowest BCUT2D eigenvalue weighted by Crippen LogP contribution is -2.25. The van der Waals surface area contributed by atoms with E-state index in [0.29, 0.717) is 22.2 Å². The summed E-state index contributed by atoms with van der Waals surface area (Å²) in [6.45, 7) is 1.76. The van der Waals surface area contributed by atoms with Crippen molar-refractivity contribution in [3.63, 3.8) is 0 Å². The molecule has 0 bridgehead atoms. The summed E-state index contributed by atoms with van der Waals surface area (Å²) in [6.07, 6.45) is 4.47. The molecule has 2 N–H and O–H groups in total. The third-order valence-electron chi connectivity index (χ3n) is 5.76. The van der Waals surface area contributed by atoms with Crippen LogP contribution >= 0.6 is 0 Å². The molecule has 1 aliphatic rings. The third-order valence-corrected chi connectivity index (χ3v) is 5.76. The maximum Gasteiger partial charge on any atom is 0.272 e. The molecule has 0 aliphatic carbocycles. The van der Waals surface area contributed by atoms with E-state index in [1.165, 1.54) is 12.8 Å². The summed E-state index contributed by atoms with van der Waals surface area (Å²) in [5.74, 6) is 0. The van der Waals surface area contributed by atoms with Crippen molar-refractivity contribution in [3.8, 4) is 29.5 Å². The number of nitrogens with one attached hydrogen (secondary N) is 2. The average molecular weight is 435 g/mol. The molecule has 4 rings (SSSR count). The summed E-state index contributed by atoms with van der Waals surface area (Å²) in [5.41, 5.74) is 2.17. The van der Waals surface area contributed by atoms with Gasteiger partial charge in [0.1, 0.15) is 23.9 Å². The van der Waals surface area contributed by atoms with Gasteiger partial charge in [-0.3, -0.25) is 4.79 Å². The van der Waals surface area contributed by atoms with Gasteiger partial charge in [-0.15, -0.1) is 0 Å². The Morgan fingerprint density at radius 1 is 0.939 bits per heavy atom. The van der Waals surface area contributed by atoms with Gasteiger partial charge >= 0.3 is 0 Å². The topological polar surface area (TPSA) is 132 Å². The lowest BCUT2D eigenvalue weighted by Gasteiger charge is -2.26. The minimum absolute atomic E-state index is 0.104. The molecule has 0 saturated carbocycles. The summed E-state index contributed by atoms with van der Waals surface area (Å²) >= 11 is 0. The summed E-state index contributed by atoms with van der Waals surface area (Å²) in [4.78, 5) is 14.5. The first-order valence-electron chi connectivity index (χ1n) is 10.7. The average Bonchev–Trinajstić information content (AvgIpc) is 3.14. The lowest BCUT2D eigenvalue weighted by atomic mass is 10.0. The Kier molecular flexibility index (Phi) is 6.34. The molecular formula is C25H21N7O. The van der Waals surface area contributed by atoms with E-state index in [0.717, 1.165) is 37.2 Å².